The number of carbonyl (C=O) groups excluding carboxylic acids is 2. The first-order valence-electron chi connectivity index (χ1n) is 8.93. The highest BCUT2D eigenvalue weighted by Crippen LogP contribution is 2.14. The van der Waals surface area contributed by atoms with Gasteiger partial charge in [-0.05, 0) is 42.5 Å². The van der Waals surface area contributed by atoms with E-state index >= 15 is 0 Å². The van der Waals surface area contributed by atoms with E-state index in [1.54, 1.807) is 24.3 Å². The fraction of sp³-hybridized carbons (Fsp3) is 0.250. The summed E-state index contributed by atoms with van der Waals surface area (Å²) in [5, 5.41) is 2.65. The zero-order valence-corrected chi connectivity index (χ0v) is 15.5. The molecular weight excluding hydrogens is 356 g/mol. The van der Waals surface area contributed by atoms with Gasteiger partial charge in [-0.3, -0.25) is 9.59 Å². The number of hydrogen-bond acceptors (Lipinski definition) is 4. The molecule has 2 rings (SSSR count). The van der Waals surface area contributed by atoms with Crippen LogP contribution in [0.2, 0.25) is 0 Å². The molecule has 0 aliphatic carbocycles. The highest BCUT2D eigenvalue weighted by atomic mass is 16.2. The number of amides is 2. The second-order valence-electron chi connectivity index (χ2n) is 6.50. The van der Waals surface area contributed by atoms with Gasteiger partial charge in [-0.2, -0.15) is 0 Å². The lowest BCUT2D eigenvalue weighted by atomic mass is 10.0. The standard InChI is InChI=1S/C20H26N6O2/c21-16(12-14-6-9-15(10-7-14)25-20(23)24)19(28)26-17(18(22)27)11-8-13-4-2-1-3-5-13/h1-7,9-10,16-17H,8,11-12,21H2,(H2,22,27)(H,26,28)(H4,23,24,25)/t16-,17-/m0/s1. The molecule has 0 aliphatic rings. The Morgan fingerprint density at radius 1 is 0.929 bits per heavy atom. The van der Waals surface area contributed by atoms with E-state index in [2.05, 4.69) is 10.3 Å². The van der Waals surface area contributed by atoms with Crippen LogP contribution in [0.15, 0.2) is 59.6 Å². The SMILES string of the molecule is NC(=O)[C@H](CCc1ccccc1)NC(=O)[C@@H](N)Cc1ccc(N=C(N)N)cc1. The van der Waals surface area contributed by atoms with Crippen molar-refractivity contribution in [2.45, 2.75) is 31.3 Å². The highest BCUT2D eigenvalue weighted by molar-refractivity contribution is 5.89. The van der Waals surface area contributed by atoms with Crippen molar-refractivity contribution in [2.24, 2.45) is 27.9 Å². The fourth-order valence-corrected chi connectivity index (χ4v) is 2.72. The van der Waals surface area contributed by atoms with E-state index in [1.165, 1.54) is 0 Å². The van der Waals surface area contributed by atoms with Crippen molar-refractivity contribution in [2.75, 3.05) is 0 Å². The van der Waals surface area contributed by atoms with Crippen molar-refractivity contribution in [3.8, 4) is 0 Å². The predicted molar refractivity (Wildman–Crippen MR) is 109 cm³/mol. The zero-order chi connectivity index (χ0) is 20.5. The smallest absolute Gasteiger partial charge is 0.240 e. The van der Waals surface area contributed by atoms with E-state index in [9.17, 15) is 9.59 Å². The van der Waals surface area contributed by atoms with E-state index in [4.69, 9.17) is 22.9 Å². The summed E-state index contributed by atoms with van der Waals surface area (Å²) in [4.78, 5) is 28.0. The Hall–Kier alpha value is -3.39. The Bertz CT molecular complexity index is 816. The molecule has 0 radical (unpaired) electrons. The normalized spacial score (nSPS) is 12.6. The van der Waals surface area contributed by atoms with Crippen LogP contribution in [0.25, 0.3) is 0 Å². The molecule has 28 heavy (non-hydrogen) atoms. The Labute approximate surface area is 164 Å². The van der Waals surface area contributed by atoms with Crippen molar-refractivity contribution in [3.05, 3.63) is 65.7 Å². The van der Waals surface area contributed by atoms with Gasteiger partial charge in [0.2, 0.25) is 11.8 Å². The topological polar surface area (TPSA) is 163 Å². The minimum Gasteiger partial charge on any atom is -0.370 e. The molecule has 0 saturated carbocycles. The predicted octanol–water partition coefficient (Wildman–Crippen LogP) is 0.0642. The molecule has 9 N–H and O–H groups in total. The Kier molecular flexibility index (Phi) is 7.53. The van der Waals surface area contributed by atoms with E-state index in [1.807, 2.05) is 30.3 Å². The highest BCUT2D eigenvalue weighted by Gasteiger charge is 2.22. The number of hydrogen-bond donors (Lipinski definition) is 5. The van der Waals surface area contributed by atoms with Gasteiger partial charge in [-0.15, -0.1) is 0 Å². The first kappa shape index (κ1) is 20.9. The third-order valence-corrected chi connectivity index (χ3v) is 4.21. The van der Waals surface area contributed by atoms with Gasteiger partial charge in [0.25, 0.3) is 0 Å². The van der Waals surface area contributed by atoms with Crippen LogP contribution in [0.1, 0.15) is 17.5 Å². The molecule has 0 unspecified atom stereocenters. The molecule has 8 heteroatoms. The molecule has 0 aliphatic heterocycles. The summed E-state index contributed by atoms with van der Waals surface area (Å²) in [7, 11) is 0. The molecule has 0 heterocycles. The number of aliphatic imine (C=N–C) groups is 1. The van der Waals surface area contributed by atoms with Crippen molar-refractivity contribution < 1.29 is 9.59 Å². The lowest BCUT2D eigenvalue weighted by Crippen LogP contribution is -2.51. The monoisotopic (exact) mass is 382 g/mol. The van der Waals surface area contributed by atoms with Gasteiger partial charge in [0.15, 0.2) is 5.96 Å². The van der Waals surface area contributed by atoms with E-state index in [-0.39, 0.29) is 5.96 Å². The van der Waals surface area contributed by atoms with Gasteiger partial charge in [0.1, 0.15) is 6.04 Å². The number of aryl methyl sites for hydroxylation is 1. The van der Waals surface area contributed by atoms with Crippen LogP contribution < -0.4 is 28.3 Å². The summed E-state index contributed by atoms with van der Waals surface area (Å²) in [6, 6.07) is 15.1. The molecule has 0 spiro atoms. The minimum atomic E-state index is -0.812. The first-order valence-corrected chi connectivity index (χ1v) is 8.93. The van der Waals surface area contributed by atoms with Gasteiger partial charge in [0, 0.05) is 0 Å². The molecule has 2 aromatic rings. The molecule has 0 fully saturated rings. The van der Waals surface area contributed by atoms with Crippen LogP contribution in [-0.4, -0.2) is 29.9 Å². The zero-order valence-electron chi connectivity index (χ0n) is 15.5. The molecule has 148 valence electrons. The quantitative estimate of drug-likeness (QED) is 0.305. The number of benzene rings is 2. The van der Waals surface area contributed by atoms with Gasteiger partial charge in [-0.1, -0.05) is 42.5 Å². The minimum absolute atomic E-state index is 0.0307. The Morgan fingerprint density at radius 2 is 1.57 bits per heavy atom. The lowest BCUT2D eigenvalue weighted by molar-refractivity contribution is -0.128. The molecule has 0 saturated heterocycles. The second-order valence-corrected chi connectivity index (χ2v) is 6.50. The summed E-state index contributed by atoms with van der Waals surface area (Å²) in [5.41, 5.74) is 24.6. The van der Waals surface area contributed by atoms with Crippen LogP contribution in [0.3, 0.4) is 0 Å². The van der Waals surface area contributed by atoms with Crippen LogP contribution in [0, 0.1) is 0 Å². The summed E-state index contributed by atoms with van der Waals surface area (Å²) in [6.07, 6.45) is 1.33. The molecule has 2 aromatic carbocycles. The average molecular weight is 382 g/mol. The summed E-state index contributed by atoms with van der Waals surface area (Å²) in [5.74, 6) is -1.04. The number of nitrogens with one attached hydrogen (secondary N) is 1. The van der Waals surface area contributed by atoms with E-state index in [0.29, 0.717) is 24.9 Å². The van der Waals surface area contributed by atoms with E-state index in [0.717, 1.165) is 11.1 Å². The van der Waals surface area contributed by atoms with Gasteiger partial charge in [-0.25, -0.2) is 4.99 Å². The van der Waals surface area contributed by atoms with Gasteiger partial charge < -0.3 is 28.3 Å². The largest absolute Gasteiger partial charge is 0.370 e. The van der Waals surface area contributed by atoms with Gasteiger partial charge in [0.05, 0.1) is 11.7 Å². The van der Waals surface area contributed by atoms with Crippen LogP contribution in [0.4, 0.5) is 5.69 Å². The van der Waals surface area contributed by atoms with Crippen molar-refractivity contribution >= 4 is 23.5 Å². The maximum atomic E-state index is 12.4. The first-order chi connectivity index (χ1) is 13.3. The van der Waals surface area contributed by atoms with Crippen LogP contribution in [-0.2, 0) is 22.4 Å². The van der Waals surface area contributed by atoms with Crippen LogP contribution in [0.5, 0.6) is 0 Å². The maximum absolute atomic E-state index is 12.4. The molecule has 8 nitrogen and oxygen atoms in total. The number of nitrogens with two attached hydrogens (primary N) is 4. The van der Waals surface area contributed by atoms with Crippen molar-refractivity contribution in [1.82, 2.24) is 5.32 Å². The summed E-state index contributed by atoms with van der Waals surface area (Å²) in [6.45, 7) is 0. The average Bonchev–Trinajstić information content (AvgIpc) is 2.66. The number of carbonyl (C=O) groups is 2. The van der Waals surface area contributed by atoms with Crippen molar-refractivity contribution in [1.29, 1.82) is 0 Å². The number of guanidine groups is 1. The van der Waals surface area contributed by atoms with Crippen LogP contribution >= 0.6 is 0 Å². The third-order valence-electron chi connectivity index (χ3n) is 4.21. The number of rotatable bonds is 9. The van der Waals surface area contributed by atoms with Gasteiger partial charge >= 0.3 is 0 Å². The number of nitrogens with zero attached hydrogens (tertiary/aromatic N) is 1. The molecule has 2 atom stereocenters. The third kappa shape index (κ3) is 6.73. The summed E-state index contributed by atoms with van der Waals surface area (Å²) >= 11 is 0. The van der Waals surface area contributed by atoms with Crippen molar-refractivity contribution in [3.63, 3.8) is 0 Å². The molecular formula is C20H26N6O2. The number of primary amides is 1. The second kappa shape index (κ2) is 10.1. The molecule has 0 aromatic heterocycles. The lowest BCUT2D eigenvalue weighted by Gasteiger charge is -2.19. The van der Waals surface area contributed by atoms with E-state index < -0.39 is 23.9 Å². The molecule has 0 bridgehead atoms. The fourth-order valence-electron chi connectivity index (χ4n) is 2.72. The Balaban J connectivity index is 1.91. The maximum Gasteiger partial charge on any atom is 0.240 e. The molecule has 2 amide bonds. The summed E-state index contributed by atoms with van der Waals surface area (Å²) < 4.78 is 0. The Morgan fingerprint density at radius 3 is 2.14 bits per heavy atom.